The van der Waals surface area contributed by atoms with Crippen LogP contribution in [0.25, 0.3) is 0 Å². The van der Waals surface area contributed by atoms with Crippen LogP contribution in [0.3, 0.4) is 0 Å². The van der Waals surface area contributed by atoms with Crippen molar-refractivity contribution >= 4 is 11.7 Å². The molecule has 0 aliphatic heterocycles. The summed E-state index contributed by atoms with van der Waals surface area (Å²) < 4.78 is 5.18. The van der Waals surface area contributed by atoms with Gasteiger partial charge in [0.2, 0.25) is 0 Å². The van der Waals surface area contributed by atoms with Gasteiger partial charge in [-0.05, 0) is 24.6 Å². The van der Waals surface area contributed by atoms with Gasteiger partial charge in [0.15, 0.2) is 0 Å². The molecule has 22 heavy (non-hydrogen) atoms. The third kappa shape index (κ3) is 3.98. The molecule has 2 atom stereocenters. The van der Waals surface area contributed by atoms with E-state index in [0.29, 0.717) is 6.61 Å². The Morgan fingerprint density at radius 2 is 1.73 bits per heavy atom. The van der Waals surface area contributed by atoms with Crippen LogP contribution in [0.2, 0.25) is 0 Å². The molecule has 0 fully saturated rings. The minimum absolute atomic E-state index is 0.222. The summed E-state index contributed by atoms with van der Waals surface area (Å²) in [6.45, 7) is 5.97. The predicted molar refractivity (Wildman–Crippen MR) is 89.6 cm³/mol. The maximum Gasteiger partial charge on any atom is 0.315 e. The Morgan fingerprint density at radius 3 is 2.27 bits per heavy atom. The van der Waals surface area contributed by atoms with E-state index >= 15 is 0 Å². The molecule has 0 saturated carbocycles. The number of benzene rings is 2. The summed E-state index contributed by atoms with van der Waals surface area (Å²) in [7, 11) is 0. The zero-order valence-electron chi connectivity index (χ0n) is 12.7. The summed E-state index contributed by atoms with van der Waals surface area (Å²) in [5, 5.41) is 3.41. The Hall–Kier alpha value is -2.55. The highest BCUT2D eigenvalue weighted by molar-refractivity contribution is 5.76. The van der Waals surface area contributed by atoms with Gasteiger partial charge in [-0.25, -0.2) is 0 Å². The van der Waals surface area contributed by atoms with Crippen LogP contribution in [-0.2, 0) is 9.53 Å². The first-order chi connectivity index (χ1) is 10.8. The molecule has 2 rings (SSSR count). The van der Waals surface area contributed by atoms with Gasteiger partial charge >= 0.3 is 5.97 Å². The van der Waals surface area contributed by atoms with Crippen molar-refractivity contribution in [3.63, 3.8) is 0 Å². The molecular formula is C19H21NO2. The predicted octanol–water partition coefficient (Wildman–Crippen LogP) is 4.21. The van der Waals surface area contributed by atoms with Gasteiger partial charge in [-0.1, -0.05) is 54.6 Å². The van der Waals surface area contributed by atoms with E-state index in [9.17, 15) is 4.79 Å². The van der Waals surface area contributed by atoms with E-state index in [4.69, 9.17) is 4.74 Å². The van der Waals surface area contributed by atoms with Gasteiger partial charge in [-0.2, -0.15) is 0 Å². The summed E-state index contributed by atoms with van der Waals surface area (Å²) in [6, 6.07) is 19.5. The number of rotatable bonds is 7. The third-order valence-corrected chi connectivity index (χ3v) is 3.43. The topological polar surface area (TPSA) is 38.3 Å². The normalized spacial score (nSPS) is 13.0. The fraction of sp³-hybridized carbons (Fsp3) is 0.211. The molecule has 0 aromatic heterocycles. The van der Waals surface area contributed by atoms with Crippen molar-refractivity contribution in [2.45, 2.75) is 13.0 Å². The van der Waals surface area contributed by atoms with Gasteiger partial charge in [0, 0.05) is 5.69 Å². The number of hydrogen-bond donors (Lipinski definition) is 1. The second kappa shape index (κ2) is 8.03. The van der Waals surface area contributed by atoms with Gasteiger partial charge in [0.05, 0.1) is 18.6 Å². The van der Waals surface area contributed by atoms with E-state index in [1.165, 1.54) is 0 Å². The molecule has 3 heteroatoms. The number of carbonyl (C=O) groups is 1. The number of nitrogens with one attached hydrogen (secondary N) is 1. The van der Waals surface area contributed by atoms with Gasteiger partial charge in [-0.15, -0.1) is 6.58 Å². The van der Waals surface area contributed by atoms with Gasteiger partial charge in [-0.3, -0.25) is 4.79 Å². The number of esters is 1. The van der Waals surface area contributed by atoms with Gasteiger partial charge in [0.25, 0.3) is 0 Å². The molecule has 0 amide bonds. The first kappa shape index (κ1) is 15.8. The molecule has 2 unspecified atom stereocenters. The van der Waals surface area contributed by atoms with Crippen molar-refractivity contribution in [2.24, 2.45) is 5.92 Å². The zero-order valence-corrected chi connectivity index (χ0v) is 12.7. The number of anilines is 1. The SMILES string of the molecule is C=CC(C(=O)OCC)C(Nc1ccccc1)c1ccccc1. The van der Waals surface area contributed by atoms with Crippen molar-refractivity contribution < 1.29 is 9.53 Å². The Balaban J connectivity index is 2.32. The molecule has 0 radical (unpaired) electrons. The van der Waals surface area contributed by atoms with Crippen molar-refractivity contribution in [1.29, 1.82) is 0 Å². The second-order valence-corrected chi connectivity index (χ2v) is 4.91. The second-order valence-electron chi connectivity index (χ2n) is 4.91. The number of hydrogen-bond acceptors (Lipinski definition) is 3. The van der Waals surface area contributed by atoms with Crippen LogP contribution in [0.5, 0.6) is 0 Å². The summed E-state index contributed by atoms with van der Waals surface area (Å²) in [5.74, 6) is -0.725. The van der Waals surface area contributed by atoms with Crippen LogP contribution in [-0.4, -0.2) is 12.6 Å². The Labute approximate surface area is 131 Å². The maximum atomic E-state index is 12.2. The van der Waals surface area contributed by atoms with Crippen molar-refractivity contribution in [3.8, 4) is 0 Å². The lowest BCUT2D eigenvalue weighted by molar-refractivity contribution is -0.146. The lowest BCUT2D eigenvalue weighted by Crippen LogP contribution is -2.28. The minimum Gasteiger partial charge on any atom is -0.465 e. The molecule has 114 valence electrons. The van der Waals surface area contributed by atoms with E-state index in [2.05, 4.69) is 11.9 Å². The Bertz CT molecular complexity index is 595. The molecule has 0 aliphatic carbocycles. The lowest BCUT2D eigenvalue weighted by Gasteiger charge is -2.26. The minimum atomic E-state index is -0.456. The number of ether oxygens (including phenoxy) is 1. The zero-order chi connectivity index (χ0) is 15.8. The van der Waals surface area contributed by atoms with Crippen molar-refractivity contribution in [1.82, 2.24) is 0 Å². The summed E-state index contributed by atoms with van der Waals surface area (Å²) >= 11 is 0. The fourth-order valence-corrected chi connectivity index (χ4v) is 2.36. The molecule has 0 aliphatic rings. The van der Waals surface area contributed by atoms with E-state index < -0.39 is 5.92 Å². The Morgan fingerprint density at radius 1 is 1.14 bits per heavy atom. The van der Waals surface area contributed by atoms with Crippen LogP contribution < -0.4 is 5.32 Å². The number of carbonyl (C=O) groups excluding carboxylic acids is 1. The van der Waals surface area contributed by atoms with Crippen LogP contribution in [0.15, 0.2) is 73.3 Å². The van der Waals surface area contributed by atoms with Crippen molar-refractivity contribution in [3.05, 3.63) is 78.9 Å². The molecule has 2 aromatic rings. The highest BCUT2D eigenvalue weighted by Crippen LogP contribution is 2.28. The average molecular weight is 295 g/mol. The quantitative estimate of drug-likeness (QED) is 0.614. The number of para-hydroxylation sites is 1. The smallest absolute Gasteiger partial charge is 0.315 e. The molecular weight excluding hydrogens is 274 g/mol. The molecule has 1 N–H and O–H groups in total. The van der Waals surface area contributed by atoms with Crippen molar-refractivity contribution in [2.75, 3.05) is 11.9 Å². The van der Waals surface area contributed by atoms with E-state index in [1.54, 1.807) is 13.0 Å². The van der Waals surface area contributed by atoms with E-state index in [0.717, 1.165) is 11.3 Å². The molecule has 0 saturated heterocycles. The van der Waals surface area contributed by atoms with Crippen LogP contribution >= 0.6 is 0 Å². The first-order valence-electron chi connectivity index (χ1n) is 7.42. The van der Waals surface area contributed by atoms with Gasteiger partial charge < -0.3 is 10.1 Å². The van der Waals surface area contributed by atoms with Gasteiger partial charge in [0.1, 0.15) is 0 Å². The third-order valence-electron chi connectivity index (χ3n) is 3.43. The largest absolute Gasteiger partial charge is 0.465 e. The summed E-state index contributed by atoms with van der Waals surface area (Å²) in [6.07, 6.45) is 1.64. The Kier molecular flexibility index (Phi) is 5.78. The lowest BCUT2D eigenvalue weighted by atomic mass is 9.92. The summed E-state index contributed by atoms with van der Waals surface area (Å²) in [4.78, 5) is 12.2. The average Bonchev–Trinajstić information content (AvgIpc) is 2.56. The van der Waals surface area contributed by atoms with Crippen LogP contribution in [0.4, 0.5) is 5.69 Å². The van der Waals surface area contributed by atoms with E-state index in [-0.39, 0.29) is 12.0 Å². The highest BCUT2D eigenvalue weighted by atomic mass is 16.5. The monoisotopic (exact) mass is 295 g/mol. The standard InChI is InChI=1S/C19H21NO2/c1-3-17(19(21)22-4-2)18(15-11-7-5-8-12-15)20-16-13-9-6-10-14-16/h3,5-14,17-18,20H,1,4H2,2H3. The molecule has 3 nitrogen and oxygen atoms in total. The van der Waals surface area contributed by atoms with Crippen LogP contribution in [0, 0.1) is 5.92 Å². The molecule has 0 heterocycles. The fourth-order valence-electron chi connectivity index (χ4n) is 2.36. The summed E-state index contributed by atoms with van der Waals surface area (Å²) in [5.41, 5.74) is 1.97. The molecule has 0 bridgehead atoms. The molecule has 2 aromatic carbocycles. The molecule has 0 spiro atoms. The van der Waals surface area contributed by atoms with Crippen LogP contribution in [0.1, 0.15) is 18.5 Å². The maximum absolute atomic E-state index is 12.2. The van der Waals surface area contributed by atoms with E-state index in [1.807, 2.05) is 60.7 Å². The first-order valence-corrected chi connectivity index (χ1v) is 7.42. The highest BCUT2D eigenvalue weighted by Gasteiger charge is 2.28.